The van der Waals surface area contributed by atoms with Gasteiger partial charge in [0.1, 0.15) is 13.2 Å². The molecule has 2 aromatic rings. The average molecular weight is 439 g/mol. The minimum Gasteiger partial charge on any atom is -0.487 e. The molecule has 2 aliphatic rings. The van der Waals surface area contributed by atoms with E-state index in [-0.39, 0.29) is 13.2 Å². The van der Waals surface area contributed by atoms with E-state index in [1.165, 1.54) is 4.91 Å². The Morgan fingerprint density at radius 2 is 1.94 bits per heavy atom. The molecule has 7 heteroatoms. The normalized spacial score (nSPS) is 14.3. The molecule has 0 atom stereocenters. The number of allylic oxidation sites excluding steroid dienone is 4. The standard InChI is InChI=1S/C24H26N2O4S/c1-2-28-15-16-29-21-11-6-8-18(23(21)30-14-13-27)26-20-10-5-9-19-24(20)31-22-12-4-3-7-17(22)25-19/h3,5-12,26-27H,2,4,13-16H2,1H3. The van der Waals surface area contributed by atoms with Gasteiger partial charge in [-0.15, -0.1) is 0 Å². The Morgan fingerprint density at radius 1 is 1.06 bits per heavy atom. The van der Waals surface area contributed by atoms with Gasteiger partial charge in [-0.25, -0.2) is 4.99 Å². The summed E-state index contributed by atoms with van der Waals surface area (Å²) in [5.41, 5.74) is 3.66. The maximum atomic E-state index is 9.28. The summed E-state index contributed by atoms with van der Waals surface area (Å²) >= 11 is 1.72. The van der Waals surface area contributed by atoms with Crippen molar-refractivity contribution in [3.8, 4) is 11.5 Å². The number of thioether (sulfide) groups is 1. The molecule has 0 radical (unpaired) electrons. The number of hydrogen-bond acceptors (Lipinski definition) is 7. The molecule has 6 nitrogen and oxygen atoms in total. The molecule has 0 unspecified atom stereocenters. The molecular formula is C24H26N2O4S. The molecule has 1 aliphatic carbocycles. The van der Waals surface area contributed by atoms with Crippen LogP contribution in [0.5, 0.6) is 11.5 Å². The molecule has 1 heterocycles. The fourth-order valence-corrected chi connectivity index (χ4v) is 4.38. The highest BCUT2D eigenvalue weighted by Gasteiger charge is 2.21. The molecular weight excluding hydrogens is 412 g/mol. The zero-order chi connectivity index (χ0) is 21.5. The van der Waals surface area contributed by atoms with Crippen molar-refractivity contribution in [2.75, 3.05) is 38.4 Å². The van der Waals surface area contributed by atoms with E-state index in [2.05, 4.69) is 23.5 Å². The average Bonchev–Trinajstić information content (AvgIpc) is 2.80. The Balaban J connectivity index is 1.62. The number of anilines is 2. The first kappa shape index (κ1) is 21.5. The van der Waals surface area contributed by atoms with Crippen LogP contribution in [-0.4, -0.2) is 43.9 Å². The lowest BCUT2D eigenvalue weighted by Crippen LogP contribution is -2.10. The molecule has 0 saturated carbocycles. The van der Waals surface area contributed by atoms with Crippen LogP contribution in [0.3, 0.4) is 0 Å². The summed E-state index contributed by atoms with van der Waals surface area (Å²) < 4.78 is 17.1. The first-order valence-electron chi connectivity index (χ1n) is 10.4. The number of aliphatic hydroxyl groups is 1. The molecule has 4 rings (SSSR count). The van der Waals surface area contributed by atoms with Crippen LogP contribution in [0.1, 0.15) is 13.3 Å². The maximum Gasteiger partial charge on any atom is 0.184 e. The Bertz CT molecular complexity index is 1020. The molecule has 0 bridgehead atoms. The van der Waals surface area contributed by atoms with Gasteiger partial charge < -0.3 is 24.6 Å². The number of benzene rings is 2. The third kappa shape index (κ3) is 5.12. The largest absolute Gasteiger partial charge is 0.487 e. The lowest BCUT2D eigenvalue weighted by atomic mass is 10.1. The van der Waals surface area contributed by atoms with Crippen molar-refractivity contribution >= 4 is 34.5 Å². The van der Waals surface area contributed by atoms with Crippen LogP contribution in [0.2, 0.25) is 0 Å². The molecule has 0 spiro atoms. The third-order valence-electron chi connectivity index (χ3n) is 4.69. The van der Waals surface area contributed by atoms with Gasteiger partial charge >= 0.3 is 0 Å². The number of nitrogens with one attached hydrogen (secondary N) is 1. The first-order chi connectivity index (χ1) is 15.3. The number of hydrogen-bond donors (Lipinski definition) is 2. The van der Waals surface area contributed by atoms with Gasteiger partial charge in [0.15, 0.2) is 11.5 Å². The second-order valence-corrected chi connectivity index (χ2v) is 7.89. The van der Waals surface area contributed by atoms with Crippen molar-refractivity contribution in [1.82, 2.24) is 0 Å². The number of nitrogens with zero attached hydrogens (tertiary/aromatic N) is 1. The van der Waals surface area contributed by atoms with Crippen molar-refractivity contribution in [1.29, 1.82) is 0 Å². The van der Waals surface area contributed by atoms with Crippen molar-refractivity contribution in [2.24, 2.45) is 4.99 Å². The zero-order valence-corrected chi connectivity index (χ0v) is 18.3. The molecule has 0 saturated heterocycles. The fourth-order valence-electron chi connectivity index (χ4n) is 3.31. The van der Waals surface area contributed by atoms with E-state index in [1.807, 2.05) is 43.3 Å². The predicted octanol–water partition coefficient (Wildman–Crippen LogP) is 5.24. The monoisotopic (exact) mass is 438 g/mol. The van der Waals surface area contributed by atoms with Gasteiger partial charge in [-0.05, 0) is 43.7 Å². The second-order valence-electron chi connectivity index (χ2n) is 6.83. The quantitative estimate of drug-likeness (QED) is 0.495. The van der Waals surface area contributed by atoms with E-state index in [9.17, 15) is 5.11 Å². The van der Waals surface area contributed by atoms with Crippen LogP contribution in [0.15, 0.2) is 69.4 Å². The van der Waals surface area contributed by atoms with Gasteiger partial charge in [0.05, 0.1) is 40.9 Å². The number of aliphatic imine (C=N–C) groups is 1. The number of aliphatic hydroxyl groups excluding tert-OH is 1. The Morgan fingerprint density at radius 3 is 2.81 bits per heavy atom. The van der Waals surface area contributed by atoms with Crippen molar-refractivity contribution in [3.63, 3.8) is 0 Å². The lowest BCUT2D eigenvalue weighted by molar-refractivity contribution is 0.108. The molecule has 0 amide bonds. The van der Waals surface area contributed by atoms with Crippen LogP contribution < -0.4 is 14.8 Å². The Hall–Kier alpha value is -2.74. The van der Waals surface area contributed by atoms with E-state index in [0.717, 1.165) is 34.1 Å². The number of fused-ring (bicyclic) bond motifs is 2. The van der Waals surface area contributed by atoms with E-state index in [4.69, 9.17) is 19.2 Å². The first-order valence-corrected chi connectivity index (χ1v) is 11.2. The summed E-state index contributed by atoms with van der Waals surface area (Å²) in [6.45, 7) is 3.61. The van der Waals surface area contributed by atoms with Crippen LogP contribution in [0.4, 0.5) is 17.1 Å². The van der Waals surface area contributed by atoms with Crippen molar-refractivity contribution in [3.05, 3.63) is 59.5 Å². The predicted molar refractivity (Wildman–Crippen MR) is 126 cm³/mol. The molecule has 162 valence electrons. The smallest absolute Gasteiger partial charge is 0.184 e. The van der Waals surface area contributed by atoms with Gasteiger partial charge in [0.2, 0.25) is 0 Å². The third-order valence-corrected chi connectivity index (χ3v) is 5.92. The highest BCUT2D eigenvalue weighted by atomic mass is 32.2. The number of ether oxygens (including phenoxy) is 3. The molecule has 2 aromatic carbocycles. The fraction of sp³-hybridized carbons (Fsp3) is 0.292. The van der Waals surface area contributed by atoms with E-state index in [1.54, 1.807) is 11.8 Å². The highest BCUT2D eigenvalue weighted by molar-refractivity contribution is 8.04. The van der Waals surface area contributed by atoms with E-state index >= 15 is 0 Å². The second kappa shape index (κ2) is 10.5. The number of rotatable bonds is 10. The van der Waals surface area contributed by atoms with Gasteiger partial charge in [-0.3, -0.25) is 0 Å². The summed E-state index contributed by atoms with van der Waals surface area (Å²) in [6, 6.07) is 11.8. The summed E-state index contributed by atoms with van der Waals surface area (Å²) in [7, 11) is 0. The summed E-state index contributed by atoms with van der Waals surface area (Å²) in [5, 5.41) is 12.8. The van der Waals surface area contributed by atoms with Crippen LogP contribution >= 0.6 is 11.8 Å². The topological polar surface area (TPSA) is 72.3 Å². The highest BCUT2D eigenvalue weighted by Crippen LogP contribution is 2.47. The van der Waals surface area contributed by atoms with E-state index in [0.29, 0.717) is 31.3 Å². The summed E-state index contributed by atoms with van der Waals surface area (Å²) in [4.78, 5) is 7.06. The Labute approximate surface area is 186 Å². The summed E-state index contributed by atoms with van der Waals surface area (Å²) in [5.74, 6) is 1.17. The maximum absolute atomic E-state index is 9.28. The Kier molecular flexibility index (Phi) is 7.30. The van der Waals surface area contributed by atoms with Gasteiger partial charge in [-0.1, -0.05) is 36.0 Å². The lowest BCUT2D eigenvalue weighted by Gasteiger charge is -2.22. The summed E-state index contributed by atoms with van der Waals surface area (Å²) in [6.07, 6.45) is 7.32. The molecule has 2 N–H and O–H groups in total. The van der Waals surface area contributed by atoms with Crippen molar-refractivity contribution in [2.45, 2.75) is 18.2 Å². The SMILES string of the molecule is CCOCCOc1cccc(Nc2cccc3c2SC2=CCC=CC2=N3)c1OCCO. The molecule has 0 fully saturated rings. The van der Waals surface area contributed by atoms with Gasteiger partial charge in [-0.2, -0.15) is 0 Å². The zero-order valence-electron chi connectivity index (χ0n) is 17.5. The number of para-hydroxylation sites is 1. The van der Waals surface area contributed by atoms with Crippen LogP contribution in [-0.2, 0) is 4.74 Å². The van der Waals surface area contributed by atoms with E-state index < -0.39 is 0 Å². The molecule has 0 aromatic heterocycles. The van der Waals surface area contributed by atoms with Crippen LogP contribution in [0, 0.1) is 0 Å². The van der Waals surface area contributed by atoms with Gasteiger partial charge in [0.25, 0.3) is 0 Å². The molecule has 1 aliphatic heterocycles. The molecule has 31 heavy (non-hydrogen) atoms. The van der Waals surface area contributed by atoms with Crippen molar-refractivity contribution < 1.29 is 19.3 Å². The van der Waals surface area contributed by atoms with Gasteiger partial charge in [0, 0.05) is 11.5 Å². The minimum absolute atomic E-state index is 0.0809. The van der Waals surface area contributed by atoms with Crippen LogP contribution in [0.25, 0.3) is 0 Å². The minimum atomic E-state index is -0.0809.